The third-order valence-electron chi connectivity index (χ3n) is 1.96. The van der Waals surface area contributed by atoms with Crippen molar-refractivity contribution >= 4 is 17.2 Å². The molecule has 0 saturated carbocycles. The van der Waals surface area contributed by atoms with Gasteiger partial charge in [0.15, 0.2) is 0 Å². The summed E-state index contributed by atoms with van der Waals surface area (Å²) in [6.45, 7) is 3.06. The molecule has 15 heavy (non-hydrogen) atoms. The zero-order valence-electron chi connectivity index (χ0n) is 8.60. The molecule has 3 nitrogen and oxygen atoms in total. The fourth-order valence-corrected chi connectivity index (χ4v) is 1.93. The van der Waals surface area contributed by atoms with Crippen molar-refractivity contribution in [3.05, 3.63) is 29.9 Å². The standard InChI is InChI=1S/C11H13N3S/c1-2-5-13-11-8-12-7-9(14-11)10-4-3-6-15-10/h3-4,6-8H,2,5H2,1H3,(H,13,14). The summed E-state index contributed by atoms with van der Waals surface area (Å²) in [4.78, 5) is 9.82. The number of rotatable bonds is 4. The third-order valence-corrected chi connectivity index (χ3v) is 2.86. The van der Waals surface area contributed by atoms with E-state index in [2.05, 4.69) is 28.3 Å². The fourth-order valence-electron chi connectivity index (χ4n) is 1.25. The summed E-state index contributed by atoms with van der Waals surface area (Å²) in [7, 11) is 0. The Bertz CT molecular complexity index is 412. The normalized spacial score (nSPS) is 10.2. The summed E-state index contributed by atoms with van der Waals surface area (Å²) in [6.07, 6.45) is 4.64. The van der Waals surface area contributed by atoms with E-state index in [1.165, 1.54) is 0 Å². The molecule has 2 heterocycles. The number of anilines is 1. The van der Waals surface area contributed by atoms with Gasteiger partial charge in [0, 0.05) is 6.54 Å². The van der Waals surface area contributed by atoms with Crippen molar-refractivity contribution in [2.45, 2.75) is 13.3 Å². The largest absolute Gasteiger partial charge is 0.369 e. The average molecular weight is 219 g/mol. The van der Waals surface area contributed by atoms with Crippen LogP contribution >= 0.6 is 11.3 Å². The maximum Gasteiger partial charge on any atom is 0.145 e. The Hall–Kier alpha value is -1.42. The molecule has 0 atom stereocenters. The molecule has 0 fully saturated rings. The molecule has 2 aromatic heterocycles. The van der Waals surface area contributed by atoms with Crippen LogP contribution in [0.4, 0.5) is 5.82 Å². The van der Waals surface area contributed by atoms with E-state index in [-0.39, 0.29) is 0 Å². The van der Waals surface area contributed by atoms with Crippen molar-refractivity contribution in [3.8, 4) is 10.6 Å². The van der Waals surface area contributed by atoms with Gasteiger partial charge in [-0.25, -0.2) is 4.98 Å². The summed E-state index contributed by atoms with van der Waals surface area (Å²) in [5.41, 5.74) is 0.936. The first kappa shape index (κ1) is 10.1. The van der Waals surface area contributed by atoms with Crippen LogP contribution in [-0.2, 0) is 0 Å². The molecule has 2 aromatic rings. The highest BCUT2D eigenvalue weighted by Crippen LogP contribution is 2.22. The Labute approximate surface area is 93.2 Å². The first-order valence-corrected chi connectivity index (χ1v) is 5.88. The van der Waals surface area contributed by atoms with Crippen LogP contribution in [-0.4, -0.2) is 16.5 Å². The van der Waals surface area contributed by atoms with Gasteiger partial charge in [-0.15, -0.1) is 11.3 Å². The van der Waals surface area contributed by atoms with Gasteiger partial charge >= 0.3 is 0 Å². The smallest absolute Gasteiger partial charge is 0.145 e. The lowest BCUT2D eigenvalue weighted by molar-refractivity contribution is 0.965. The summed E-state index contributed by atoms with van der Waals surface area (Å²) in [5.74, 6) is 0.850. The summed E-state index contributed by atoms with van der Waals surface area (Å²) in [6, 6.07) is 4.08. The highest BCUT2D eigenvalue weighted by molar-refractivity contribution is 7.13. The molecule has 0 spiro atoms. The lowest BCUT2D eigenvalue weighted by Crippen LogP contribution is -2.02. The Morgan fingerprint density at radius 3 is 3.07 bits per heavy atom. The van der Waals surface area contributed by atoms with Crippen molar-refractivity contribution in [3.63, 3.8) is 0 Å². The van der Waals surface area contributed by atoms with Gasteiger partial charge in [0.05, 0.1) is 17.3 Å². The SMILES string of the molecule is CCCNc1cncc(-c2cccs2)n1. The van der Waals surface area contributed by atoms with Crippen LogP contribution < -0.4 is 5.32 Å². The van der Waals surface area contributed by atoms with Crippen LogP contribution in [0.5, 0.6) is 0 Å². The Morgan fingerprint density at radius 1 is 1.40 bits per heavy atom. The minimum Gasteiger partial charge on any atom is -0.369 e. The van der Waals surface area contributed by atoms with Crippen molar-refractivity contribution < 1.29 is 0 Å². The number of thiophene rings is 1. The second kappa shape index (κ2) is 4.89. The Morgan fingerprint density at radius 2 is 2.33 bits per heavy atom. The molecule has 0 radical (unpaired) electrons. The molecule has 0 aliphatic carbocycles. The van der Waals surface area contributed by atoms with Gasteiger partial charge in [0.1, 0.15) is 11.5 Å². The molecular weight excluding hydrogens is 206 g/mol. The minimum absolute atomic E-state index is 0.850. The van der Waals surface area contributed by atoms with E-state index in [1.54, 1.807) is 23.7 Å². The molecule has 78 valence electrons. The van der Waals surface area contributed by atoms with Gasteiger partial charge in [-0.2, -0.15) is 0 Å². The van der Waals surface area contributed by atoms with Gasteiger partial charge < -0.3 is 5.32 Å². The monoisotopic (exact) mass is 219 g/mol. The zero-order chi connectivity index (χ0) is 10.5. The molecule has 0 aliphatic rings. The van der Waals surface area contributed by atoms with Crippen LogP contribution in [0.3, 0.4) is 0 Å². The highest BCUT2D eigenvalue weighted by Gasteiger charge is 2.01. The van der Waals surface area contributed by atoms with Gasteiger partial charge in [-0.3, -0.25) is 4.98 Å². The summed E-state index contributed by atoms with van der Waals surface area (Å²) < 4.78 is 0. The molecule has 0 aliphatic heterocycles. The molecule has 0 aromatic carbocycles. The number of nitrogens with one attached hydrogen (secondary N) is 1. The van der Waals surface area contributed by atoms with Crippen molar-refractivity contribution in [2.24, 2.45) is 0 Å². The molecule has 0 amide bonds. The van der Waals surface area contributed by atoms with Crippen LogP contribution in [0.25, 0.3) is 10.6 Å². The zero-order valence-corrected chi connectivity index (χ0v) is 9.42. The first-order chi connectivity index (χ1) is 7.40. The first-order valence-electron chi connectivity index (χ1n) is 5.00. The lowest BCUT2D eigenvalue weighted by atomic mass is 10.3. The Balaban J connectivity index is 2.19. The van der Waals surface area contributed by atoms with Crippen molar-refractivity contribution in [1.29, 1.82) is 0 Å². The number of hydrogen-bond donors (Lipinski definition) is 1. The summed E-state index contributed by atoms with van der Waals surface area (Å²) in [5, 5.41) is 5.27. The molecule has 1 N–H and O–H groups in total. The van der Waals surface area contributed by atoms with Gasteiger partial charge in [0.2, 0.25) is 0 Å². The van der Waals surface area contributed by atoms with Crippen molar-refractivity contribution in [1.82, 2.24) is 9.97 Å². The van der Waals surface area contributed by atoms with Crippen LogP contribution in [0.2, 0.25) is 0 Å². The topological polar surface area (TPSA) is 37.8 Å². The second-order valence-electron chi connectivity index (χ2n) is 3.19. The van der Waals surface area contributed by atoms with Crippen molar-refractivity contribution in [2.75, 3.05) is 11.9 Å². The van der Waals surface area contributed by atoms with Crippen LogP contribution in [0, 0.1) is 0 Å². The molecule has 2 rings (SSSR count). The minimum atomic E-state index is 0.850. The number of nitrogens with zero attached hydrogens (tertiary/aromatic N) is 2. The fraction of sp³-hybridized carbons (Fsp3) is 0.273. The van der Waals surface area contributed by atoms with E-state index in [4.69, 9.17) is 0 Å². The van der Waals surface area contributed by atoms with Crippen LogP contribution in [0.1, 0.15) is 13.3 Å². The predicted octanol–water partition coefficient (Wildman–Crippen LogP) is 3.03. The Kier molecular flexibility index (Phi) is 3.29. The lowest BCUT2D eigenvalue weighted by Gasteiger charge is -2.04. The molecule has 0 unspecified atom stereocenters. The quantitative estimate of drug-likeness (QED) is 0.859. The average Bonchev–Trinajstić information content (AvgIpc) is 2.80. The maximum atomic E-state index is 4.49. The summed E-state index contributed by atoms with van der Waals surface area (Å²) >= 11 is 1.68. The molecular formula is C11H13N3S. The highest BCUT2D eigenvalue weighted by atomic mass is 32.1. The number of aromatic nitrogens is 2. The van der Waals surface area contributed by atoms with Gasteiger partial charge in [0.25, 0.3) is 0 Å². The van der Waals surface area contributed by atoms with E-state index in [0.29, 0.717) is 0 Å². The van der Waals surface area contributed by atoms with Crippen LogP contribution in [0.15, 0.2) is 29.9 Å². The number of hydrogen-bond acceptors (Lipinski definition) is 4. The van der Waals surface area contributed by atoms with E-state index in [9.17, 15) is 0 Å². The van der Waals surface area contributed by atoms with E-state index in [1.807, 2.05) is 11.4 Å². The maximum absolute atomic E-state index is 4.49. The molecule has 0 saturated heterocycles. The van der Waals surface area contributed by atoms with Gasteiger partial charge in [-0.1, -0.05) is 13.0 Å². The van der Waals surface area contributed by atoms with Gasteiger partial charge in [-0.05, 0) is 17.9 Å². The van der Waals surface area contributed by atoms with E-state index in [0.717, 1.165) is 29.4 Å². The van der Waals surface area contributed by atoms with E-state index < -0.39 is 0 Å². The molecule has 4 heteroatoms. The molecule has 0 bridgehead atoms. The predicted molar refractivity (Wildman–Crippen MR) is 64.1 cm³/mol. The third kappa shape index (κ3) is 2.53. The second-order valence-corrected chi connectivity index (χ2v) is 4.14. The van der Waals surface area contributed by atoms with E-state index >= 15 is 0 Å².